The van der Waals surface area contributed by atoms with Crippen LogP contribution in [0.25, 0.3) is 10.9 Å². The molecule has 0 radical (unpaired) electrons. The lowest BCUT2D eigenvalue weighted by Crippen LogP contribution is -2.26. The van der Waals surface area contributed by atoms with Crippen LogP contribution in [0.15, 0.2) is 36.5 Å². The van der Waals surface area contributed by atoms with Crippen molar-refractivity contribution in [2.24, 2.45) is 0 Å². The lowest BCUT2D eigenvalue weighted by Gasteiger charge is -2.11. The van der Waals surface area contributed by atoms with Gasteiger partial charge in [-0.15, -0.1) is 0 Å². The molecule has 0 fully saturated rings. The Morgan fingerprint density at radius 2 is 1.89 bits per heavy atom. The summed E-state index contributed by atoms with van der Waals surface area (Å²) >= 11 is 12.3. The van der Waals surface area contributed by atoms with Gasteiger partial charge in [-0.05, 0) is 36.2 Å². The molecule has 1 amide bonds. The molecular formula is C20H18Cl2N2O3. The largest absolute Gasteiger partial charge is 0.490 e. The molecule has 1 aliphatic heterocycles. The van der Waals surface area contributed by atoms with Crippen LogP contribution in [0.2, 0.25) is 10.0 Å². The zero-order valence-electron chi connectivity index (χ0n) is 14.5. The van der Waals surface area contributed by atoms with Gasteiger partial charge in [0.25, 0.3) is 5.91 Å². The number of aromatic nitrogens is 1. The van der Waals surface area contributed by atoms with E-state index in [9.17, 15) is 4.79 Å². The van der Waals surface area contributed by atoms with E-state index in [-0.39, 0.29) is 5.91 Å². The first-order chi connectivity index (χ1) is 13.1. The maximum atomic E-state index is 12.6. The molecule has 0 bridgehead atoms. The second-order valence-electron chi connectivity index (χ2n) is 6.34. The van der Waals surface area contributed by atoms with E-state index in [0.29, 0.717) is 53.3 Å². The fourth-order valence-electron chi connectivity index (χ4n) is 3.12. The van der Waals surface area contributed by atoms with E-state index in [1.54, 1.807) is 12.1 Å². The lowest BCUT2D eigenvalue weighted by atomic mass is 10.1. The van der Waals surface area contributed by atoms with Gasteiger partial charge >= 0.3 is 0 Å². The second kappa shape index (κ2) is 7.71. The van der Waals surface area contributed by atoms with Crippen LogP contribution < -0.4 is 14.8 Å². The third-order valence-electron chi connectivity index (χ3n) is 4.49. The summed E-state index contributed by atoms with van der Waals surface area (Å²) in [5.74, 6) is 0.881. The highest BCUT2D eigenvalue weighted by Crippen LogP contribution is 2.35. The van der Waals surface area contributed by atoms with Crippen molar-refractivity contribution in [1.82, 2.24) is 10.3 Å². The van der Waals surface area contributed by atoms with Gasteiger partial charge < -0.3 is 19.8 Å². The molecule has 0 spiro atoms. The molecule has 0 atom stereocenters. The number of hydrogen-bond donors (Lipinski definition) is 2. The van der Waals surface area contributed by atoms with E-state index in [0.717, 1.165) is 22.9 Å². The van der Waals surface area contributed by atoms with Gasteiger partial charge in [-0.2, -0.15) is 0 Å². The minimum Gasteiger partial charge on any atom is -0.490 e. The molecule has 1 aliphatic rings. The molecule has 140 valence electrons. The Bertz CT molecular complexity index is 1000. The summed E-state index contributed by atoms with van der Waals surface area (Å²) in [4.78, 5) is 15.8. The first-order valence-corrected chi connectivity index (χ1v) is 9.50. The predicted molar refractivity (Wildman–Crippen MR) is 106 cm³/mol. The topological polar surface area (TPSA) is 63.4 Å². The van der Waals surface area contributed by atoms with Crippen LogP contribution >= 0.6 is 23.2 Å². The SMILES string of the molecule is O=C(NCCc1c[nH]c2ccc(Cl)cc12)c1cc2c(cc1Cl)OCCCO2. The molecule has 0 saturated heterocycles. The normalized spacial score (nSPS) is 13.4. The number of carbonyl (C=O) groups is 1. The number of nitrogens with one attached hydrogen (secondary N) is 2. The number of ether oxygens (including phenoxy) is 2. The van der Waals surface area contributed by atoms with Crippen molar-refractivity contribution in [3.8, 4) is 11.5 Å². The first-order valence-electron chi connectivity index (χ1n) is 8.74. The summed E-state index contributed by atoms with van der Waals surface area (Å²) < 4.78 is 11.2. The number of rotatable bonds is 4. The minimum atomic E-state index is -0.242. The van der Waals surface area contributed by atoms with Gasteiger partial charge in [0.15, 0.2) is 11.5 Å². The van der Waals surface area contributed by atoms with E-state index in [2.05, 4.69) is 10.3 Å². The molecule has 5 nitrogen and oxygen atoms in total. The van der Waals surface area contributed by atoms with Crippen molar-refractivity contribution in [2.45, 2.75) is 12.8 Å². The van der Waals surface area contributed by atoms with Gasteiger partial charge in [-0.1, -0.05) is 23.2 Å². The molecule has 0 saturated carbocycles. The highest BCUT2D eigenvalue weighted by Gasteiger charge is 2.18. The van der Waals surface area contributed by atoms with Crippen LogP contribution in [0.1, 0.15) is 22.3 Å². The van der Waals surface area contributed by atoms with E-state index < -0.39 is 0 Å². The van der Waals surface area contributed by atoms with Gasteiger partial charge in [-0.3, -0.25) is 4.79 Å². The molecule has 0 aliphatic carbocycles. The van der Waals surface area contributed by atoms with Gasteiger partial charge in [0.1, 0.15) is 0 Å². The fraction of sp³-hybridized carbons (Fsp3) is 0.250. The minimum absolute atomic E-state index is 0.242. The maximum absolute atomic E-state index is 12.6. The Morgan fingerprint density at radius 1 is 1.11 bits per heavy atom. The highest BCUT2D eigenvalue weighted by atomic mass is 35.5. The Morgan fingerprint density at radius 3 is 2.70 bits per heavy atom. The number of H-pyrrole nitrogens is 1. The molecule has 2 aromatic carbocycles. The quantitative estimate of drug-likeness (QED) is 0.667. The number of hydrogen-bond acceptors (Lipinski definition) is 3. The van der Waals surface area contributed by atoms with Crippen molar-refractivity contribution >= 4 is 40.0 Å². The van der Waals surface area contributed by atoms with Crippen molar-refractivity contribution in [2.75, 3.05) is 19.8 Å². The highest BCUT2D eigenvalue weighted by molar-refractivity contribution is 6.34. The van der Waals surface area contributed by atoms with Crippen LogP contribution in [0.3, 0.4) is 0 Å². The van der Waals surface area contributed by atoms with E-state index in [4.69, 9.17) is 32.7 Å². The third kappa shape index (κ3) is 3.84. The number of benzene rings is 2. The molecule has 27 heavy (non-hydrogen) atoms. The standard InChI is InChI=1S/C20H18Cl2N2O3/c21-13-2-3-17-14(8-13)12(11-24-17)4-5-23-20(25)15-9-18-19(10-16(15)22)27-7-1-6-26-18/h2-3,8-11,24H,1,4-7H2,(H,23,25). The molecular weight excluding hydrogens is 387 g/mol. The molecule has 1 aromatic heterocycles. The molecule has 0 unspecified atom stereocenters. The molecule has 3 aromatic rings. The van der Waals surface area contributed by atoms with Crippen molar-refractivity contribution < 1.29 is 14.3 Å². The van der Waals surface area contributed by atoms with Crippen molar-refractivity contribution in [3.05, 3.63) is 57.7 Å². The van der Waals surface area contributed by atoms with E-state index >= 15 is 0 Å². The van der Waals surface area contributed by atoms with Gasteiger partial charge in [-0.25, -0.2) is 0 Å². The van der Waals surface area contributed by atoms with Crippen LogP contribution in [0.5, 0.6) is 11.5 Å². The summed E-state index contributed by atoms with van der Waals surface area (Å²) in [5, 5.41) is 5.00. The zero-order chi connectivity index (χ0) is 18.8. The van der Waals surface area contributed by atoms with Crippen LogP contribution in [0, 0.1) is 0 Å². The first kappa shape index (κ1) is 18.0. The number of fused-ring (bicyclic) bond motifs is 2. The van der Waals surface area contributed by atoms with Crippen LogP contribution in [0.4, 0.5) is 0 Å². The number of halogens is 2. The monoisotopic (exact) mass is 404 g/mol. The van der Waals surface area contributed by atoms with Gasteiger partial charge in [0, 0.05) is 41.2 Å². The summed E-state index contributed by atoms with van der Waals surface area (Å²) in [5.41, 5.74) is 2.49. The van der Waals surface area contributed by atoms with Crippen molar-refractivity contribution in [3.63, 3.8) is 0 Å². The van der Waals surface area contributed by atoms with Crippen LogP contribution in [-0.2, 0) is 6.42 Å². The van der Waals surface area contributed by atoms with Gasteiger partial charge in [0.05, 0.1) is 23.8 Å². The second-order valence-corrected chi connectivity index (χ2v) is 7.18. The zero-order valence-corrected chi connectivity index (χ0v) is 16.0. The van der Waals surface area contributed by atoms with E-state index in [1.807, 2.05) is 24.4 Å². The number of carbonyl (C=O) groups excluding carboxylic acids is 1. The van der Waals surface area contributed by atoms with Gasteiger partial charge in [0.2, 0.25) is 0 Å². The smallest absolute Gasteiger partial charge is 0.252 e. The molecule has 2 heterocycles. The summed E-state index contributed by atoms with van der Waals surface area (Å²) in [6, 6.07) is 8.99. The average Bonchev–Trinajstić information content (AvgIpc) is 2.90. The van der Waals surface area contributed by atoms with Crippen molar-refractivity contribution in [1.29, 1.82) is 0 Å². The third-order valence-corrected chi connectivity index (χ3v) is 5.04. The number of aromatic amines is 1. The molecule has 2 N–H and O–H groups in total. The predicted octanol–water partition coefficient (Wildman–Crippen LogP) is 4.61. The Kier molecular flexibility index (Phi) is 5.14. The molecule has 7 heteroatoms. The summed E-state index contributed by atoms with van der Waals surface area (Å²) in [7, 11) is 0. The lowest BCUT2D eigenvalue weighted by molar-refractivity contribution is 0.0954. The Labute approximate surface area is 166 Å². The Hall–Kier alpha value is -2.37. The summed E-state index contributed by atoms with van der Waals surface area (Å²) in [6.45, 7) is 1.60. The molecule has 4 rings (SSSR count). The maximum Gasteiger partial charge on any atom is 0.252 e. The van der Waals surface area contributed by atoms with Crippen LogP contribution in [-0.4, -0.2) is 30.6 Å². The Balaban J connectivity index is 1.45. The summed E-state index contributed by atoms with van der Waals surface area (Å²) in [6.07, 6.45) is 3.41. The number of amides is 1. The fourth-order valence-corrected chi connectivity index (χ4v) is 3.53. The average molecular weight is 405 g/mol. The van der Waals surface area contributed by atoms with E-state index in [1.165, 1.54) is 0 Å².